The van der Waals surface area contributed by atoms with Gasteiger partial charge in [0.2, 0.25) is 5.91 Å². The lowest BCUT2D eigenvalue weighted by molar-refractivity contribution is -0.118. The highest BCUT2D eigenvalue weighted by Crippen LogP contribution is 2.29. The highest BCUT2D eigenvalue weighted by atomic mass is 32.2. The lowest BCUT2D eigenvalue weighted by atomic mass is 10.1. The fourth-order valence-electron chi connectivity index (χ4n) is 2.65. The van der Waals surface area contributed by atoms with Gasteiger partial charge in [-0.2, -0.15) is 0 Å². The number of thioether (sulfide) groups is 1. The molecule has 4 aromatic rings. The molecule has 1 N–H and O–H groups in total. The van der Waals surface area contributed by atoms with Crippen LogP contribution < -0.4 is 5.32 Å². The van der Waals surface area contributed by atoms with E-state index in [1.54, 1.807) is 23.9 Å². The molecular weight excluding hydrogens is 376 g/mol. The van der Waals surface area contributed by atoms with E-state index in [9.17, 15) is 4.79 Å². The highest BCUT2D eigenvalue weighted by Gasteiger charge is 2.07. The Labute approximate surface area is 165 Å². The van der Waals surface area contributed by atoms with Gasteiger partial charge in [0.15, 0.2) is 4.34 Å². The average Bonchev–Trinajstić information content (AvgIpc) is 3.35. The predicted octanol–water partition coefficient (Wildman–Crippen LogP) is 3.95. The van der Waals surface area contributed by atoms with E-state index in [4.69, 9.17) is 0 Å². The minimum atomic E-state index is 0.0155. The maximum absolute atomic E-state index is 12.1. The second-order valence-corrected chi connectivity index (χ2v) is 8.32. The van der Waals surface area contributed by atoms with Gasteiger partial charge in [-0.05, 0) is 23.3 Å². The van der Waals surface area contributed by atoms with Crippen LogP contribution in [0, 0.1) is 0 Å². The van der Waals surface area contributed by atoms with Gasteiger partial charge in [-0.3, -0.25) is 4.79 Å². The summed E-state index contributed by atoms with van der Waals surface area (Å²) in [5.41, 5.74) is 3.28. The van der Waals surface area contributed by atoms with Crippen molar-refractivity contribution in [2.24, 2.45) is 0 Å². The van der Waals surface area contributed by atoms with E-state index < -0.39 is 0 Å². The molecule has 0 radical (unpaired) electrons. The first-order valence-electron chi connectivity index (χ1n) is 8.55. The van der Waals surface area contributed by atoms with Crippen LogP contribution in [0.2, 0.25) is 0 Å². The van der Waals surface area contributed by atoms with Gasteiger partial charge in [0, 0.05) is 25.5 Å². The van der Waals surface area contributed by atoms with Gasteiger partial charge in [-0.1, -0.05) is 48.2 Å². The molecule has 4 rings (SSSR count). The Balaban J connectivity index is 1.25. The quantitative estimate of drug-likeness (QED) is 0.482. The lowest BCUT2D eigenvalue weighted by Crippen LogP contribution is -2.24. The number of benzene rings is 2. The Hall–Kier alpha value is -2.64. The van der Waals surface area contributed by atoms with Crippen molar-refractivity contribution in [1.29, 1.82) is 0 Å². The Kier molecular flexibility index (Phi) is 5.50. The van der Waals surface area contributed by atoms with E-state index >= 15 is 0 Å². The third kappa shape index (κ3) is 4.75. The number of rotatable bonds is 7. The molecule has 7 heteroatoms. The molecule has 0 saturated heterocycles. The predicted molar refractivity (Wildman–Crippen MR) is 110 cm³/mol. The van der Waals surface area contributed by atoms with E-state index in [0.29, 0.717) is 12.3 Å². The van der Waals surface area contributed by atoms with Crippen LogP contribution in [0.5, 0.6) is 0 Å². The number of hydrogen-bond donors (Lipinski definition) is 1. The van der Waals surface area contributed by atoms with E-state index in [-0.39, 0.29) is 5.91 Å². The molecule has 2 aromatic carbocycles. The zero-order valence-corrected chi connectivity index (χ0v) is 16.2. The number of para-hydroxylation sites is 1. The van der Waals surface area contributed by atoms with Crippen molar-refractivity contribution >= 4 is 39.2 Å². The van der Waals surface area contributed by atoms with Gasteiger partial charge in [0.05, 0.1) is 22.3 Å². The zero-order chi connectivity index (χ0) is 18.5. The molecule has 0 atom stereocenters. The number of hydrogen-bond acceptors (Lipinski definition) is 5. The summed E-state index contributed by atoms with van der Waals surface area (Å²) in [5, 5.41) is 2.97. The van der Waals surface area contributed by atoms with Gasteiger partial charge in [0.1, 0.15) is 0 Å². The number of thiazole rings is 1. The second kappa shape index (κ2) is 8.37. The van der Waals surface area contributed by atoms with Gasteiger partial charge < -0.3 is 9.88 Å². The Morgan fingerprint density at radius 3 is 2.70 bits per heavy atom. The first kappa shape index (κ1) is 17.8. The van der Waals surface area contributed by atoms with Crippen LogP contribution in [-0.4, -0.2) is 26.2 Å². The molecule has 2 heterocycles. The monoisotopic (exact) mass is 394 g/mol. The number of fused-ring (bicyclic) bond motifs is 1. The number of imidazole rings is 1. The maximum Gasteiger partial charge on any atom is 0.230 e. The van der Waals surface area contributed by atoms with Crippen molar-refractivity contribution in [2.45, 2.75) is 17.4 Å². The SMILES string of the molecule is O=C(CSc1nc2ccccc2s1)NCc1ccc(Cn2ccnc2)cc1. The Bertz CT molecular complexity index is 993. The Morgan fingerprint density at radius 2 is 1.93 bits per heavy atom. The molecule has 5 nitrogen and oxygen atoms in total. The third-order valence-electron chi connectivity index (χ3n) is 4.04. The van der Waals surface area contributed by atoms with Crippen LogP contribution in [0.1, 0.15) is 11.1 Å². The summed E-state index contributed by atoms with van der Waals surface area (Å²) in [6.07, 6.45) is 5.52. The summed E-state index contributed by atoms with van der Waals surface area (Å²) in [4.78, 5) is 20.7. The largest absolute Gasteiger partial charge is 0.351 e. The summed E-state index contributed by atoms with van der Waals surface area (Å²) in [7, 11) is 0. The smallest absolute Gasteiger partial charge is 0.230 e. The molecule has 2 aromatic heterocycles. The van der Waals surface area contributed by atoms with Crippen molar-refractivity contribution in [3.63, 3.8) is 0 Å². The molecule has 0 aliphatic heterocycles. The summed E-state index contributed by atoms with van der Waals surface area (Å²) < 4.78 is 4.10. The normalized spacial score (nSPS) is 11.0. The van der Waals surface area contributed by atoms with Crippen LogP contribution in [0.3, 0.4) is 0 Å². The van der Waals surface area contributed by atoms with Crippen molar-refractivity contribution in [2.75, 3.05) is 5.75 Å². The number of nitrogens with zero attached hydrogens (tertiary/aromatic N) is 3. The molecule has 0 aliphatic carbocycles. The number of carbonyl (C=O) groups excluding carboxylic acids is 1. The van der Waals surface area contributed by atoms with Crippen molar-refractivity contribution < 1.29 is 4.79 Å². The molecule has 1 amide bonds. The van der Waals surface area contributed by atoms with E-state index in [1.165, 1.54) is 17.3 Å². The topological polar surface area (TPSA) is 59.8 Å². The van der Waals surface area contributed by atoms with Crippen LogP contribution in [0.15, 0.2) is 71.6 Å². The minimum absolute atomic E-state index is 0.0155. The van der Waals surface area contributed by atoms with Crippen molar-refractivity contribution in [1.82, 2.24) is 19.9 Å². The molecule has 136 valence electrons. The Morgan fingerprint density at radius 1 is 1.11 bits per heavy atom. The van der Waals surface area contributed by atoms with Crippen LogP contribution in [0.25, 0.3) is 10.2 Å². The zero-order valence-electron chi connectivity index (χ0n) is 14.5. The van der Waals surface area contributed by atoms with Crippen molar-refractivity contribution in [3.05, 3.63) is 78.4 Å². The standard InChI is InChI=1S/C20H18N4OS2/c25-19(13-26-20-23-17-3-1-2-4-18(17)27-20)22-11-15-5-7-16(8-6-15)12-24-10-9-21-14-24/h1-10,14H,11-13H2,(H,22,25). The van der Waals surface area contributed by atoms with E-state index in [1.807, 2.05) is 47.2 Å². The second-order valence-electron chi connectivity index (χ2n) is 6.06. The summed E-state index contributed by atoms with van der Waals surface area (Å²) in [6, 6.07) is 16.3. The van der Waals surface area contributed by atoms with Gasteiger partial charge in [-0.25, -0.2) is 9.97 Å². The number of amides is 1. The summed E-state index contributed by atoms with van der Waals surface area (Å²) in [5.74, 6) is 0.389. The molecule has 0 saturated carbocycles. The molecule has 0 spiro atoms. The molecule has 0 aliphatic rings. The third-order valence-corrected chi connectivity index (χ3v) is 6.22. The lowest BCUT2D eigenvalue weighted by Gasteiger charge is -2.07. The summed E-state index contributed by atoms with van der Waals surface area (Å²) in [6.45, 7) is 1.33. The minimum Gasteiger partial charge on any atom is -0.351 e. The van der Waals surface area contributed by atoms with Crippen LogP contribution in [-0.2, 0) is 17.9 Å². The van der Waals surface area contributed by atoms with Crippen molar-refractivity contribution in [3.8, 4) is 0 Å². The first-order valence-corrected chi connectivity index (χ1v) is 10.3. The number of nitrogens with one attached hydrogen (secondary N) is 1. The molecule has 0 fully saturated rings. The van der Waals surface area contributed by atoms with Gasteiger partial charge >= 0.3 is 0 Å². The fourth-order valence-corrected chi connectivity index (χ4v) is 4.54. The molecular formula is C20H18N4OS2. The molecule has 0 unspecified atom stereocenters. The van der Waals surface area contributed by atoms with Gasteiger partial charge in [-0.15, -0.1) is 11.3 Å². The summed E-state index contributed by atoms with van der Waals surface area (Å²) >= 11 is 3.10. The highest BCUT2D eigenvalue weighted by molar-refractivity contribution is 8.01. The number of carbonyl (C=O) groups is 1. The molecule has 27 heavy (non-hydrogen) atoms. The van der Waals surface area contributed by atoms with Gasteiger partial charge in [0.25, 0.3) is 0 Å². The number of aromatic nitrogens is 3. The van der Waals surface area contributed by atoms with Crippen LogP contribution >= 0.6 is 23.1 Å². The van der Waals surface area contributed by atoms with E-state index in [0.717, 1.165) is 26.7 Å². The van der Waals surface area contributed by atoms with Crippen LogP contribution in [0.4, 0.5) is 0 Å². The molecule has 0 bridgehead atoms. The maximum atomic E-state index is 12.1. The fraction of sp³-hybridized carbons (Fsp3) is 0.150. The average molecular weight is 395 g/mol. The van der Waals surface area contributed by atoms with E-state index in [2.05, 4.69) is 27.4 Å². The first-order chi connectivity index (χ1) is 13.3.